The number of nitrogens with two attached hydrogens (primary N) is 1. The molecule has 4 rings (SSSR count). The third kappa shape index (κ3) is 6.58. The molecule has 0 spiro atoms. The predicted molar refractivity (Wildman–Crippen MR) is 132 cm³/mol. The molecule has 1 amide bonds. The predicted octanol–water partition coefficient (Wildman–Crippen LogP) is 4.59. The Kier molecular flexibility index (Phi) is 8.82. The summed E-state index contributed by atoms with van der Waals surface area (Å²) in [6, 6.07) is 0.292. The normalized spacial score (nSPS) is 20.4. The van der Waals surface area contributed by atoms with Crippen LogP contribution in [0.25, 0.3) is 0 Å². The van der Waals surface area contributed by atoms with Gasteiger partial charge in [0.2, 0.25) is 5.91 Å². The van der Waals surface area contributed by atoms with E-state index in [1.54, 1.807) is 4.90 Å². The van der Waals surface area contributed by atoms with Crippen molar-refractivity contribution in [2.24, 2.45) is 11.8 Å². The van der Waals surface area contributed by atoms with Crippen molar-refractivity contribution in [1.29, 1.82) is 0 Å². The topological polar surface area (TPSA) is 84.6 Å². The molecular weight excluding hydrogens is 414 g/mol. The largest absolute Gasteiger partial charge is 0.463 e. The summed E-state index contributed by atoms with van der Waals surface area (Å²) in [7, 11) is 0. The molecule has 7 nitrogen and oxygen atoms in total. The smallest absolute Gasteiger partial charge is 0.320 e. The van der Waals surface area contributed by atoms with E-state index in [2.05, 4.69) is 21.8 Å². The highest BCUT2D eigenvalue weighted by molar-refractivity contribution is 6.01. The van der Waals surface area contributed by atoms with Gasteiger partial charge in [0.15, 0.2) is 0 Å². The number of fused-ring (bicyclic) bond motifs is 1. The van der Waals surface area contributed by atoms with E-state index >= 15 is 0 Å². The van der Waals surface area contributed by atoms with Crippen molar-refractivity contribution in [3.63, 3.8) is 0 Å². The van der Waals surface area contributed by atoms with E-state index in [0.29, 0.717) is 37.2 Å². The molecule has 2 N–H and O–H groups in total. The number of ether oxygens (including phenoxy) is 1. The molecule has 2 fully saturated rings. The van der Waals surface area contributed by atoms with E-state index in [1.807, 2.05) is 0 Å². The van der Waals surface area contributed by atoms with Crippen molar-refractivity contribution in [2.45, 2.75) is 90.4 Å². The number of hydrogen-bond acceptors (Lipinski definition) is 6. The molecule has 0 atom stereocenters. The van der Waals surface area contributed by atoms with E-state index in [4.69, 9.17) is 10.5 Å². The zero-order valence-corrected chi connectivity index (χ0v) is 20.6. The Labute approximate surface area is 199 Å². The third-order valence-electron chi connectivity index (χ3n) is 7.89. The number of rotatable bonds is 11. The Bertz CT molecular complexity index is 772. The molecule has 1 saturated heterocycles. The highest BCUT2D eigenvalue weighted by atomic mass is 16.5. The number of carbonyl (C=O) groups is 1. The van der Waals surface area contributed by atoms with Gasteiger partial charge in [-0.05, 0) is 70.0 Å². The van der Waals surface area contributed by atoms with Gasteiger partial charge < -0.3 is 15.4 Å². The van der Waals surface area contributed by atoms with Crippen LogP contribution in [0.5, 0.6) is 6.01 Å². The van der Waals surface area contributed by atoms with Crippen LogP contribution in [0.4, 0.5) is 11.6 Å². The summed E-state index contributed by atoms with van der Waals surface area (Å²) in [6.45, 7) is 7.17. The number of carbonyl (C=O) groups excluding carboxylic acids is 1. The zero-order chi connectivity index (χ0) is 23.0. The van der Waals surface area contributed by atoms with Gasteiger partial charge in [-0.1, -0.05) is 45.4 Å². The Morgan fingerprint density at radius 1 is 0.970 bits per heavy atom. The Morgan fingerprint density at radius 2 is 1.73 bits per heavy atom. The van der Waals surface area contributed by atoms with Crippen LogP contribution in [-0.2, 0) is 11.2 Å². The van der Waals surface area contributed by atoms with Crippen LogP contribution < -0.4 is 15.4 Å². The first-order valence-corrected chi connectivity index (χ1v) is 13.5. The van der Waals surface area contributed by atoms with Gasteiger partial charge in [-0.25, -0.2) is 0 Å². The van der Waals surface area contributed by atoms with Gasteiger partial charge in [0, 0.05) is 12.1 Å². The molecule has 0 aromatic carbocycles. The van der Waals surface area contributed by atoms with Gasteiger partial charge in [0.25, 0.3) is 0 Å². The Balaban J connectivity index is 1.20. The average molecular weight is 458 g/mol. The second-order valence-electron chi connectivity index (χ2n) is 10.3. The number of unbranched alkanes of at least 4 members (excludes halogenated alkanes) is 1. The maximum Gasteiger partial charge on any atom is 0.320 e. The molecule has 0 radical (unpaired) electrons. The van der Waals surface area contributed by atoms with Crippen LogP contribution in [0, 0.1) is 11.8 Å². The second kappa shape index (κ2) is 12.0. The summed E-state index contributed by atoms with van der Waals surface area (Å²) in [5.74, 6) is 2.87. The van der Waals surface area contributed by atoms with Gasteiger partial charge >= 0.3 is 6.01 Å². The fourth-order valence-corrected chi connectivity index (χ4v) is 5.71. The molecular formula is C26H43N5O2. The lowest BCUT2D eigenvalue weighted by Gasteiger charge is -2.33. The van der Waals surface area contributed by atoms with Gasteiger partial charge in [-0.2, -0.15) is 9.97 Å². The minimum Gasteiger partial charge on any atom is -0.463 e. The van der Waals surface area contributed by atoms with Crippen molar-refractivity contribution >= 4 is 17.5 Å². The van der Waals surface area contributed by atoms with Crippen LogP contribution in [0.15, 0.2) is 0 Å². The number of aromatic nitrogens is 2. The maximum atomic E-state index is 12.6. The molecule has 3 aliphatic rings. The van der Waals surface area contributed by atoms with Crippen LogP contribution in [0.2, 0.25) is 0 Å². The quantitative estimate of drug-likeness (QED) is 0.489. The molecule has 3 heterocycles. The number of hydrogen-bond donors (Lipinski definition) is 1. The first-order chi connectivity index (χ1) is 16.1. The van der Waals surface area contributed by atoms with Crippen molar-refractivity contribution < 1.29 is 9.53 Å². The van der Waals surface area contributed by atoms with Gasteiger partial charge in [0.1, 0.15) is 11.6 Å². The van der Waals surface area contributed by atoms with Gasteiger partial charge in [-0.3, -0.25) is 9.69 Å². The standard InChI is InChI=1S/C26H43N5O2/c1-2-3-18-33-26-28-24(27)22-19-23(32)31(25(22)29-26)14-7-10-21-12-16-30(17-13-21)15-11-20-8-5-4-6-9-20/h20-21H,2-19H2,1H3,(H2,27,28,29). The van der Waals surface area contributed by atoms with Crippen molar-refractivity contribution in [1.82, 2.24) is 14.9 Å². The molecule has 1 saturated carbocycles. The minimum absolute atomic E-state index is 0.0780. The fourth-order valence-electron chi connectivity index (χ4n) is 5.71. The number of piperidine rings is 1. The van der Waals surface area contributed by atoms with E-state index < -0.39 is 0 Å². The van der Waals surface area contributed by atoms with E-state index in [0.717, 1.165) is 36.7 Å². The first-order valence-electron chi connectivity index (χ1n) is 13.5. The van der Waals surface area contributed by atoms with Crippen LogP contribution in [-0.4, -0.2) is 53.6 Å². The monoisotopic (exact) mass is 457 g/mol. The molecule has 7 heteroatoms. The van der Waals surface area contributed by atoms with Gasteiger partial charge in [0.05, 0.1) is 13.0 Å². The molecule has 1 aromatic rings. The summed E-state index contributed by atoms with van der Waals surface area (Å²) >= 11 is 0. The van der Waals surface area contributed by atoms with Crippen LogP contribution in [0.1, 0.15) is 89.5 Å². The summed E-state index contributed by atoms with van der Waals surface area (Å²) in [6.07, 6.45) is 15.7. The van der Waals surface area contributed by atoms with E-state index in [-0.39, 0.29) is 5.91 Å². The van der Waals surface area contributed by atoms with E-state index in [1.165, 1.54) is 77.4 Å². The van der Waals surface area contributed by atoms with Crippen LogP contribution >= 0.6 is 0 Å². The van der Waals surface area contributed by atoms with Gasteiger partial charge in [-0.15, -0.1) is 0 Å². The zero-order valence-electron chi connectivity index (χ0n) is 20.6. The fraction of sp³-hybridized carbons (Fsp3) is 0.808. The Morgan fingerprint density at radius 3 is 2.48 bits per heavy atom. The molecule has 33 heavy (non-hydrogen) atoms. The lowest BCUT2D eigenvalue weighted by Crippen LogP contribution is -2.35. The minimum atomic E-state index is 0.0780. The molecule has 2 aliphatic heterocycles. The molecule has 1 aromatic heterocycles. The summed E-state index contributed by atoms with van der Waals surface area (Å²) in [5.41, 5.74) is 6.88. The highest BCUT2D eigenvalue weighted by Crippen LogP contribution is 2.33. The number of nitrogen functional groups attached to an aromatic ring is 1. The first kappa shape index (κ1) is 24.2. The SMILES string of the molecule is CCCCOc1nc(N)c2c(n1)N(CCCC1CCN(CCC3CCCCC3)CC1)C(=O)C2. The highest BCUT2D eigenvalue weighted by Gasteiger charge is 2.32. The Hall–Kier alpha value is -1.89. The second-order valence-corrected chi connectivity index (χ2v) is 10.3. The molecule has 1 aliphatic carbocycles. The lowest BCUT2D eigenvalue weighted by molar-refractivity contribution is -0.117. The van der Waals surface area contributed by atoms with Crippen molar-refractivity contribution in [3.8, 4) is 6.01 Å². The van der Waals surface area contributed by atoms with E-state index in [9.17, 15) is 4.79 Å². The number of amides is 1. The number of anilines is 2. The maximum absolute atomic E-state index is 12.6. The van der Waals surface area contributed by atoms with Crippen molar-refractivity contribution in [3.05, 3.63) is 5.56 Å². The summed E-state index contributed by atoms with van der Waals surface area (Å²) < 4.78 is 5.66. The number of likely N-dealkylation sites (tertiary alicyclic amines) is 1. The summed E-state index contributed by atoms with van der Waals surface area (Å²) in [4.78, 5) is 25.9. The summed E-state index contributed by atoms with van der Waals surface area (Å²) in [5, 5.41) is 0. The third-order valence-corrected chi connectivity index (χ3v) is 7.89. The van der Waals surface area contributed by atoms with Crippen LogP contribution in [0.3, 0.4) is 0 Å². The lowest BCUT2D eigenvalue weighted by atomic mass is 9.86. The molecule has 184 valence electrons. The van der Waals surface area contributed by atoms with Crippen molar-refractivity contribution in [2.75, 3.05) is 43.4 Å². The molecule has 0 unspecified atom stereocenters. The number of nitrogens with zero attached hydrogens (tertiary/aromatic N) is 4. The molecule has 0 bridgehead atoms. The average Bonchev–Trinajstić information content (AvgIpc) is 3.15.